The van der Waals surface area contributed by atoms with Crippen LogP contribution >= 0.6 is 22.9 Å². The van der Waals surface area contributed by atoms with E-state index in [1.807, 2.05) is 48.7 Å². The number of ketones is 1. The summed E-state index contributed by atoms with van der Waals surface area (Å²) in [5.74, 6) is -1.33. The molecule has 0 saturated carbocycles. The summed E-state index contributed by atoms with van der Waals surface area (Å²) in [6, 6.07) is 15.4. The van der Waals surface area contributed by atoms with Gasteiger partial charge in [0.05, 0.1) is 30.8 Å². The Kier molecular flexibility index (Phi) is 5.85. The number of aliphatic hydroxyl groups excluding tert-OH is 1. The number of nitrogens with zero attached hydrogens (tertiary/aromatic N) is 1. The monoisotopic (exact) mass is 453 g/mol. The number of thiophene rings is 1. The first-order chi connectivity index (χ1) is 14.9. The van der Waals surface area contributed by atoms with Crippen molar-refractivity contribution < 1.29 is 19.4 Å². The first-order valence-electron chi connectivity index (χ1n) is 9.62. The molecular formula is C24H20ClNO4S. The Labute approximate surface area is 189 Å². The third-order valence-electron chi connectivity index (χ3n) is 5.35. The van der Waals surface area contributed by atoms with Gasteiger partial charge >= 0.3 is 0 Å². The lowest BCUT2D eigenvalue weighted by atomic mass is 9.92. The number of ether oxygens (including phenoxy) is 1. The largest absolute Gasteiger partial charge is 0.507 e. The van der Waals surface area contributed by atoms with Crippen LogP contribution in [0.4, 0.5) is 0 Å². The Bertz CT molecular complexity index is 1190. The maximum absolute atomic E-state index is 13.2. The van der Waals surface area contributed by atoms with Crippen LogP contribution in [0.2, 0.25) is 5.02 Å². The minimum atomic E-state index is -0.732. The number of aryl methyl sites for hydroxylation is 1. The summed E-state index contributed by atoms with van der Waals surface area (Å²) in [4.78, 5) is 28.7. The molecule has 1 aromatic heterocycles. The summed E-state index contributed by atoms with van der Waals surface area (Å²) in [5, 5.41) is 13.6. The smallest absolute Gasteiger partial charge is 0.295 e. The van der Waals surface area contributed by atoms with Gasteiger partial charge in [-0.05, 0) is 47.7 Å². The van der Waals surface area contributed by atoms with Crippen molar-refractivity contribution in [3.8, 4) is 5.75 Å². The van der Waals surface area contributed by atoms with Crippen LogP contribution < -0.4 is 4.74 Å². The van der Waals surface area contributed by atoms with Gasteiger partial charge in [-0.15, -0.1) is 11.3 Å². The van der Waals surface area contributed by atoms with E-state index < -0.39 is 17.7 Å². The topological polar surface area (TPSA) is 66.8 Å². The number of hydrogen-bond acceptors (Lipinski definition) is 5. The first kappa shape index (κ1) is 21.2. The van der Waals surface area contributed by atoms with Gasteiger partial charge in [0.2, 0.25) is 0 Å². The van der Waals surface area contributed by atoms with Gasteiger partial charge in [-0.25, -0.2) is 0 Å². The van der Waals surface area contributed by atoms with E-state index in [0.717, 1.165) is 16.0 Å². The van der Waals surface area contributed by atoms with Crippen molar-refractivity contribution in [2.24, 2.45) is 0 Å². The number of rotatable bonds is 5. The van der Waals surface area contributed by atoms with E-state index >= 15 is 0 Å². The minimum Gasteiger partial charge on any atom is -0.507 e. The quantitative estimate of drug-likeness (QED) is 0.321. The Morgan fingerprint density at radius 2 is 1.94 bits per heavy atom. The van der Waals surface area contributed by atoms with E-state index in [0.29, 0.717) is 10.8 Å². The molecule has 31 heavy (non-hydrogen) atoms. The van der Waals surface area contributed by atoms with Gasteiger partial charge in [0.15, 0.2) is 0 Å². The predicted molar refractivity (Wildman–Crippen MR) is 121 cm³/mol. The second kappa shape index (κ2) is 8.57. The average Bonchev–Trinajstić information content (AvgIpc) is 3.36. The molecule has 0 bridgehead atoms. The average molecular weight is 454 g/mol. The van der Waals surface area contributed by atoms with Gasteiger partial charge < -0.3 is 14.7 Å². The highest BCUT2D eigenvalue weighted by Crippen LogP contribution is 2.43. The second-order valence-corrected chi connectivity index (χ2v) is 8.68. The van der Waals surface area contributed by atoms with Crippen LogP contribution in [0.5, 0.6) is 5.75 Å². The van der Waals surface area contributed by atoms with Crippen LogP contribution in [0.1, 0.15) is 27.6 Å². The molecule has 158 valence electrons. The fraction of sp³-hybridized carbons (Fsp3) is 0.167. The zero-order valence-corrected chi connectivity index (χ0v) is 18.5. The number of carbonyl (C=O) groups excluding carboxylic acids is 2. The number of likely N-dealkylation sites (tertiary alicyclic amines) is 1. The number of Topliss-reactive ketones (excluding diaryl/α,β-unsaturated/α-hetero) is 1. The van der Waals surface area contributed by atoms with Crippen LogP contribution in [0, 0.1) is 6.92 Å². The molecule has 1 N–H and O–H groups in total. The van der Waals surface area contributed by atoms with Crippen LogP contribution in [0.3, 0.4) is 0 Å². The molecule has 1 saturated heterocycles. The van der Waals surface area contributed by atoms with Crippen LogP contribution in [0.15, 0.2) is 65.6 Å². The van der Waals surface area contributed by atoms with Crippen molar-refractivity contribution >= 4 is 40.4 Å². The molecule has 1 aliphatic heterocycles. The van der Waals surface area contributed by atoms with Crippen LogP contribution in [-0.4, -0.2) is 28.8 Å². The third-order valence-corrected chi connectivity index (χ3v) is 6.44. The molecule has 4 rings (SSSR count). The number of amides is 1. The molecule has 0 aliphatic carbocycles. The number of benzene rings is 2. The lowest BCUT2D eigenvalue weighted by molar-refractivity contribution is -0.140. The molecule has 1 aliphatic rings. The molecule has 2 heterocycles. The summed E-state index contributed by atoms with van der Waals surface area (Å²) >= 11 is 7.65. The normalized spacial score (nSPS) is 17.9. The lowest BCUT2D eigenvalue weighted by Crippen LogP contribution is -2.29. The molecule has 7 heteroatoms. The van der Waals surface area contributed by atoms with E-state index in [2.05, 4.69) is 0 Å². The Morgan fingerprint density at radius 3 is 2.61 bits per heavy atom. The van der Waals surface area contributed by atoms with Crippen molar-refractivity contribution in [3.63, 3.8) is 0 Å². The van der Waals surface area contributed by atoms with Crippen molar-refractivity contribution in [1.82, 2.24) is 4.90 Å². The third kappa shape index (κ3) is 3.84. The van der Waals surface area contributed by atoms with Gasteiger partial charge in [-0.3, -0.25) is 9.59 Å². The van der Waals surface area contributed by atoms with E-state index in [1.165, 1.54) is 29.4 Å². The molecular weight excluding hydrogens is 434 g/mol. The Hall–Kier alpha value is -3.09. The Balaban J connectivity index is 1.94. The predicted octanol–water partition coefficient (Wildman–Crippen LogP) is 5.34. The van der Waals surface area contributed by atoms with Gasteiger partial charge in [0.1, 0.15) is 11.5 Å². The number of hydrogen-bond donors (Lipinski definition) is 1. The molecule has 1 atom stereocenters. The van der Waals surface area contributed by atoms with Gasteiger partial charge in [0, 0.05) is 9.90 Å². The number of methoxy groups -OCH3 is 1. The number of carbonyl (C=O) groups is 2. The highest BCUT2D eigenvalue weighted by Gasteiger charge is 2.46. The van der Waals surface area contributed by atoms with Crippen molar-refractivity contribution in [2.45, 2.75) is 19.5 Å². The van der Waals surface area contributed by atoms with Crippen molar-refractivity contribution in [3.05, 3.63) is 92.1 Å². The molecule has 2 aromatic carbocycles. The number of halogens is 1. The van der Waals surface area contributed by atoms with Gasteiger partial charge in [-0.1, -0.05) is 41.9 Å². The van der Waals surface area contributed by atoms with E-state index in [1.54, 1.807) is 12.1 Å². The molecule has 1 fully saturated rings. The van der Waals surface area contributed by atoms with E-state index in [4.69, 9.17) is 16.3 Å². The molecule has 1 unspecified atom stereocenters. The molecule has 5 nitrogen and oxygen atoms in total. The summed E-state index contributed by atoms with van der Waals surface area (Å²) < 4.78 is 5.36. The van der Waals surface area contributed by atoms with E-state index in [-0.39, 0.29) is 23.4 Å². The summed E-state index contributed by atoms with van der Waals surface area (Å²) in [5.41, 5.74) is 1.98. The summed E-state index contributed by atoms with van der Waals surface area (Å²) in [6.07, 6.45) is 0. The lowest BCUT2D eigenvalue weighted by Gasteiger charge is -2.26. The summed E-state index contributed by atoms with van der Waals surface area (Å²) in [6.45, 7) is 2.19. The fourth-order valence-corrected chi connectivity index (χ4v) is 4.72. The van der Waals surface area contributed by atoms with Gasteiger partial charge in [0.25, 0.3) is 11.7 Å². The highest BCUT2D eigenvalue weighted by atomic mass is 35.5. The molecule has 0 spiro atoms. The maximum atomic E-state index is 13.2. The molecule has 3 aromatic rings. The SMILES string of the molecule is COc1ccc(Cl)cc1/C(O)=C1\C(=O)C(=O)N(Cc2cccs2)C1c1ccccc1C. The summed E-state index contributed by atoms with van der Waals surface area (Å²) in [7, 11) is 1.47. The van der Waals surface area contributed by atoms with Crippen molar-refractivity contribution in [1.29, 1.82) is 0 Å². The zero-order chi connectivity index (χ0) is 22.1. The molecule has 0 radical (unpaired) electrons. The first-order valence-corrected chi connectivity index (χ1v) is 10.9. The van der Waals surface area contributed by atoms with Crippen LogP contribution in [0.25, 0.3) is 5.76 Å². The second-order valence-electron chi connectivity index (χ2n) is 7.21. The molecule has 1 amide bonds. The minimum absolute atomic E-state index is 0.0245. The fourth-order valence-electron chi connectivity index (χ4n) is 3.84. The van der Waals surface area contributed by atoms with E-state index in [9.17, 15) is 14.7 Å². The highest BCUT2D eigenvalue weighted by molar-refractivity contribution is 7.09. The van der Waals surface area contributed by atoms with Crippen molar-refractivity contribution in [2.75, 3.05) is 7.11 Å². The maximum Gasteiger partial charge on any atom is 0.295 e. The zero-order valence-electron chi connectivity index (χ0n) is 17.0. The Morgan fingerprint density at radius 1 is 1.16 bits per heavy atom. The standard InChI is InChI=1S/C24H20ClNO4S/c1-14-6-3-4-8-17(14)21-20(22(27)18-12-15(25)9-10-19(18)30-2)23(28)24(29)26(21)13-16-7-5-11-31-16/h3-12,21,27H,13H2,1-2H3/b22-20+. The van der Waals surface area contributed by atoms with Gasteiger partial charge in [-0.2, -0.15) is 0 Å². The number of aliphatic hydroxyl groups is 1. The van der Waals surface area contributed by atoms with Crippen LogP contribution in [-0.2, 0) is 16.1 Å².